The molecule has 0 amide bonds. The van der Waals surface area contributed by atoms with Gasteiger partial charge in [0.25, 0.3) is 0 Å². The number of hydrogen-bond acceptors (Lipinski definition) is 5. The van der Waals surface area contributed by atoms with Crippen molar-refractivity contribution >= 4 is 11.0 Å². The Balaban J connectivity index is 2.14. The van der Waals surface area contributed by atoms with Gasteiger partial charge < -0.3 is 15.5 Å². The molecule has 4 N–H and O–H groups in total. The largest absolute Gasteiger partial charge is 0.390 e. The van der Waals surface area contributed by atoms with Gasteiger partial charge in [-0.15, -0.1) is 0 Å². The van der Waals surface area contributed by atoms with E-state index in [1.807, 2.05) is 0 Å². The van der Waals surface area contributed by atoms with E-state index in [9.17, 15) is 10.2 Å². The highest BCUT2D eigenvalue weighted by Crippen LogP contribution is 2.21. The lowest BCUT2D eigenvalue weighted by Crippen LogP contribution is -2.23. The predicted octanol–water partition coefficient (Wildman–Crippen LogP) is -0.0383. The summed E-state index contributed by atoms with van der Waals surface area (Å²) in [6.45, 7) is 0.657. The molecule has 1 aromatic heterocycles. The average Bonchev–Trinajstić information content (AvgIpc) is 2.81. The topological polar surface area (TPSA) is 94.1 Å². The molecule has 0 fully saturated rings. The zero-order valence-electron chi connectivity index (χ0n) is 9.59. The van der Waals surface area contributed by atoms with E-state index in [2.05, 4.69) is 20.7 Å². The van der Waals surface area contributed by atoms with E-state index >= 15 is 0 Å². The molecule has 0 aliphatic heterocycles. The van der Waals surface area contributed by atoms with Crippen LogP contribution in [0.25, 0.3) is 11.0 Å². The maximum atomic E-state index is 9.98. The van der Waals surface area contributed by atoms with Crippen LogP contribution < -0.4 is 5.32 Å². The van der Waals surface area contributed by atoms with Crippen molar-refractivity contribution in [3.8, 4) is 0 Å². The third kappa shape index (κ3) is 2.60. The van der Waals surface area contributed by atoms with Crippen molar-refractivity contribution in [2.24, 2.45) is 0 Å². The Morgan fingerprint density at radius 3 is 2.82 bits per heavy atom. The fourth-order valence-electron chi connectivity index (χ4n) is 1.71. The van der Waals surface area contributed by atoms with Crippen LogP contribution in [0, 0.1) is 0 Å². The van der Waals surface area contributed by atoms with Gasteiger partial charge in [-0.1, -0.05) is 6.07 Å². The Labute approximate surface area is 98.7 Å². The van der Waals surface area contributed by atoms with Crippen LogP contribution in [0.15, 0.2) is 18.2 Å². The molecule has 2 unspecified atom stereocenters. The molecule has 0 spiro atoms. The molecule has 6 nitrogen and oxygen atoms in total. The highest BCUT2D eigenvalue weighted by molar-refractivity contribution is 5.74. The predicted molar refractivity (Wildman–Crippen MR) is 63.4 cm³/mol. The van der Waals surface area contributed by atoms with E-state index < -0.39 is 12.2 Å². The van der Waals surface area contributed by atoms with Gasteiger partial charge in [-0.2, -0.15) is 15.4 Å². The summed E-state index contributed by atoms with van der Waals surface area (Å²) in [6, 6.07) is 5.24. The lowest BCUT2D eigenvalue weighted by atomic mass is 10.0. The molecule has 0 saturated carbocycles. The monoisotopic (exact) mass is 236 g/mol. The zero-order valence-corrected chi connectivity index (χ0v) is 9.59. The van der Waals surface area contributed by atoms with Gasteiger partial charge in [-0.05, 0) is 37.7 Å². The molecule has 2 rings (SSSR count). The van der Waals surface area contributed by atoms with Gasteiger partial charge in [0.1, 0.15) is 17.1 Å². The first-order valence-electron chi connectivity index (χ1n) is 5.53. The lowest BCUT2D eigenvalue weighted by molar-refractivity contribution is 0.0141. The molecule has 1 aromatic carbocycles. The molecule has 0 bridgehead atoms. The molecule has 0 aliphatic rings. The summed E-state index contributed by atoms with van der Waals surface area (Å²) < 4.78 is 0. The van der Waals surface area contributed by atoms with Gasteiger partial charge in [0.05, 0.1) is 6.10 Å². The summed E-state index contributed by atoms with van der Waals surface area (Å²) in [6.07, 6.45) is -1.19. The lowest BCUT2D eigenvalue weighted by Gasteiger charge is -2.17. The van der Waals surface area contributed by atoms with Gasteiger partial charge >= 0.3 is 0 Å². The standard InChI is InChI=1S/C11H16N4O2/c1-12-5-4-10(16)11(17)7-2-3-8-9(6-7)14-15-13-8/h2-3,6,10-12,16-17H,4-5H2,1H3,(H,13,14,15). The maximum Gasteiger partial charge on any atom is 0.113 e. The van der Waals surface area contributed by atoms with Gasteiger partial charge in [0.2, 0.25) is 0 Å². The quantitative estimate of drug-likeness (QED) is 0.584. The summed E-state index contributed by atoms with van der Waals surface area (Å²) in [5, 5.41) is 33.1. The second kappa shape index (κ2) is 5.22. The Morgan fingerprint density at radius 2 is 2.06 bits per heavy atom. The van der Waals surface area contributed by atoms with Crippen LogP contribution in [0.1, 0.15) is 18.1 Å². The van der Waals surface area contributed by atoms with Crippen LogP contribution in [0.5, 0.6) is 0 Å². The van der Waals surface area contributed by atoms with Crippen LogP contribution in [-0.4, -0.2) is 45.3 Å². The number of nitrogens with one attached hydrogen (secondary N) is 2. The number of rotatable bonds is 5. The zero-order chi connectivity index (χ0) is 12.3. The smallest absolute Gasteiger partial charge is 0.113 e. The first-order chi connectivity index (χ1) is 8.22. The second-order valence-corrected chi connectivity index (χ2v) is 3.98. The van der Waals surface area contributed by atoms with Crippen LogP contribution in [-0.2, 0) is 0 Å². The third-order valence-corrected chi connectivity index (χ3v) is 2.74. The number of aliphatic hydroxyl groups excluding tert-OH is 2. The molecule has 0 radical (unpaired) electrons. The maximum absolute atomic E-state index is 9.98. The Kier molecular flexibility index (Phi) is 3.68. The molecule has 2 aromatic rings. The second-order valence-electron chi connectivity index (χ2n) is 3.98. The molecular weight excluding hydrogens is 220 g/mol. The summed E-state index contributed by atoms with van der Waals surface area (Å²) in [7, 11) is 1.81. The summed E-state index contributed by atoms with van der Waals surface area (Å²) in [5.41, 5.74) is 2.07. The van der Waals surface area contributed by atoms with Crippen LogP contribution in [0.4, 0.5) is 0 Å². The Morgan fingerprint density at radius 1 is 1.29 bits per heavy atom. The SMILES string of the molecule is CNCCC(O)C(O)c1ccc2n[nH]nc2c1. The van der Waals surface area contributed by atoms with Crippen LogP contribution in [0.3, 0.4) is 0 Å². The van der Waals surface area contributed by atoms with Crippen LogP contribution in [0.2, 0.25) is 0 Å². The minimum atomic E-state index is -0.899. The summed E-state index contributed by atoms with van der Waals surface area (Å²) >= 11 is 0. The first kappa shape index (κ1) is 12.0. The normalized spacial score (nSPS) is 15.0. The van der Waals surface area contributed by atoms with E-state index in [-0.39, 0.29) is 0 Å². The minimum absolute atomic E-state index is 0.495. The van der Waals surface area contributed by atoms with E-state index in [1.54, 1.807) is 25.2 Å². The third-order valence-electron chi connectivity index (χ3n) is 2.74. The average molecular weight is 236 g/mol. The summed E-state index contributed by atoms with van der Waals surface area (Å²) in [5.74, 6) is 0. The number of H-pyrrole nitrogens is 1. The van der Waals surface area contributed by atoms with E-state index in [1.165, 1.54) is 0 Å². The highest BCUT2D eigenvalue weighted by Gasteiger charge is 2.18. The van der Waals surface area contributed by atoms with Crippen molar-refractivity contribution in [1.82, 2.24) is 20.7 Å². The molecule has 6 heteroatoms. The number of aromatic amines is 1. The molecule has 2 atom stereocenters. The van der Waals surface area contributed by atoms with Crippen molar-refractivity contribution in [1.29, 1.82) is 0 Å². The van der Waals surface area contributed by atoms with Gasteiger partial charge in [-0.25, -0.2) is 0 Å². The summed E-state index contributed by atoms with van der Waals surface area (Å²) in [4.78, 5) is 0. The van der Waals surface area contributed by atoms with Gasteiger partial charge in [0.15, 0.2) is 0 Å². The number of aliphatic hydroxyl groups is 2. The molecule has 17 heavy (non-hydrogen) atoms. The number of hydrogen-bond donors (Lipinski definition) is 4. The molecular formula is C11H16N4O2. The molecule has 1 heterocycles. The molecule has 92 valence electrons. The first-order valence-corrected chi connectivity index (χ1v) is 5.53. The van der Waals surface area contributed by atoms with Crippen molar-refractivity contribution in [2.75, 3.05) is 13.6 Å². The van der Waals surface area contributed by atoms with Crippen molar-refractivity contribution in [3.05, 3.63) is 23.8 Å². The van der Waals surface area contributed by atoms with Crippen molar-refractivity contribution < 1.29 is 10.2 Å². The Bertz CT molecular complexity index is 485. The van der Waals surface area contributed by atoms with E-state index in [0.29, 0.717) is 24.0 Å². The van der Waals surface area contributed by atoms with Gasteiger partial charge in [-0.3, -0.25) is 0 Å². The Hall–Kier alpha value is -1.50. The minimum Gasteiger partial charge on any atom is -0.390 e. The van der Waals surface area contributed by atoms with Crippen molar-refractivity contribution in [2.45, 2.75) is 18.6 Å². The van der Waals surface area contributed by atoms with E-state index in [0.717, 1.165) is 5.52 Å². The van der Waals surface area contributed by atoms with Crippen LogP contribution >= 0.6 is 0 Å². The number of benzene rings is 1. The fourth-order valence-corrected chi connectivity index (χ4v) is 1.71. The number of nitrogens with zero attached hydrogens (tertiary/aromatic N) is 2. The fraction of sp³-hybridized carbons (Fsp3) is 0.455. The van der Waals surface area contributed by atoms with E-state index in [4.69, 9.17) is 0 Å². The molecule has 0 saturated heterocycles. The number of fused-ring (bicyclic) bond motifs is 1. The van der Waals surface area contributed by atoms with Gasteiger partial charge in [0, 0.05) is 0 Å². The highest BCUT2D eigenvalue weighted by atomic mass is 16.3. The van der Waals surface area contributed by atoms with Crippen molar-refractivity contribution in [3.63, 3.8) is 0 Å². The molecule has 0 aliphatic carbocycles. The number of aromatic nitrogens is 3.